The Morgan fingerprint density at radius 1 is 1.24 bits per heavy atom. The van der Waals surface area contributed by atoms with E-state index in [0.29, 0.717) is 40.3 Å². The fourth-order valence-electron chi connectivity index (χ4n) is 2.89. The van der Waals surface area contributed by atoms with Gasteiger partial charge in [0.25, 0.3) is 5.91 Å². The molecule has 0 saturated heterocycles. The molecule has 11 heteroatoms. The van der Waals surface area contributed by atoms with E-state index >= 15 is 0 Å². The van der Waals surface area contributed by atoms with Gasteiger partial charge in [0.15, 0.2) is 12.6 Å². The number of aliphatic hydroxyl groups excluding tert-OH is 1. The van der Waals surface area contributed by atoms with Crippen LogP contribution in [-0.4, -0.2) is 73.3 Å². The van der Waals surface area contributed by atoms with E-state index in [9.17, 15) is 9.90 Å². The van der Waals surface area contributed by atoms with E-state index in [4.69, 9.17) is 32.7 Å². The van der Waals surface area contributed by atoms with Crippen molar-refractivity contribution in [3.8, 4) is 5.75 Å². The van der Waals surface area contributed by atoms with Gasteiger partial charge in [0, 0.05) is 38.5 Å². The number of nitrogens with one attached hydrogen (secondary N) is 1. The maximum Gasteiger partial charge on any atom is 0.271 e. The van der Waals surface area contributed by atoms with Gasteiger partial charge < -0.3 is 29.8 Å². The number of ether oxygens (including phenoxy) is 1. The van der Waals surface area contributed by atoms with Crippen LogP contribution in [0.4, 0.5) is 0 Å². The summed E-state index contributed by atoms with van der Waals surface area (Å²) in [4.78, 5) is 32.9. The fourth-order valence-corrected chi connectivity index (χ4v) is 3.18. The molecule has 2 N–H and O–H groups in total. The third kappa shape index (κ3) is 9.01. The number of hydrogen-bond acceptors (Lipinski definition) is 8. The molecule has 0 aliphatic rings. The SMILES string of the molecule is C=N/C(=C(/C(=O)NC)N(COc1cccc(Cl)c1)Cc1ccc(Cl)cn1)N(C)CCCO.C=O. The number of aliphatic imine (C=N–C) groups is 1. The van der Waals surface area contributed by atoms with Crippen LogP contribution in [0.3, 0.4) is 0 Å². The van der Waals surface area contributed by atoms with Crippen LogP contribution in [0.5, 0.6) is 5.75 Å². The number of pyridine rings is 1. The Balaban J connectivity index is 0.00000281. The molecule has 184 valence electrons. The summed E-state index contributed by atoms with van der Waals surface area (Å²) in [7, 11) is 3.31. The number of aromatic nitrogens is 1. The topological polar surface area (TPSA) is 107 Å². The molecule has 2 aromatic rings. The second kappa shape index (κ2) is 15.7. The number of likely N-dealkylation sites (N-methyl/N-ethyl adjacent to an activating group) is 1. The summed E-state index contributed by atoms with van der Waals surface area (Å²) in [6.45, 7) is 6.40. The zero-order valence-electron chi connectivity index (χ0n) is 19.2. The molecular formula is C23H29Cl2N5O4. The molecule has 0 saturated carbocycles. The second-order valence-electron chi connectivity index (χ2n) is 6.80. The first-order valence-electron chi connectivity index (χ1n) is 10.2. The average Bonchev–Trinajstić information content (AvgIpc) is 2.85. The normalized spacial score (nSPS) is 10.9. The van der Waals surface area contributed by atoms with Gasteiger partial charge in [-0.1, -0.05) is 29.3 Å². The summed E-state index contributed by atoms with van der Waals surface area (Å²) in [5.74, 6) is 0.526. The first-order valence-corrected chi connectivity index (χ1v) is 10.9. The van der Waals surface area contributed by atoms with Crippen molar-refractivity contribution in [2.45, 2.75) is 13.0 Å². The van der Waals surface area contributed by atoms with Crippen LogP contribution in [0.15, 0.2) is 59.1 Å². The van der Waals surface area contributed by atoms with Crippen molar-refractivity contribution in [1.82, 2.24) is 20.1 Å². The molecule has 1 aromatic carbocycles. The molecule has 34 heavy (non-hydrogen) atoms. The van der Waals surface area contributed by atoms with Crippen LogP contribution in [0, 0.1) is 0 Å². The van der Waals surface area contributed by atoms with Gasteiger partial charge in [-0.05, 0) is 43.5 Å². The van der Waals surface area contributed by atoms with Crippen molar-refractivity contribution >= 4 is 42.6 Å². The van der Waals surface area contributed by atoms with E-state index in [1.807, 2.05) is 6.79 Å². The number of hydrogen-bond donors (Lipinski definition) is 2. The van der Waals surface area contributed by atoms with E-state index < -0.39 is 0 Å². The lowest BCUT2D eigenvalue weighted by Crippen LogP contribution is -2.39. The number of nitrogens with zero attached hydrogens (tertiary/aromatic N) is 4. The van der Waals surface area contributed by atoms with Gasteiger partial charge in [-0.15, -0.1) is 0 Å². The maximum absolute atomic E-state index is 12.9. The minimum Gasteiger partial charge on any atom is -0.473 e. The van der Waals surface area contributed by atoms with Gasteiger partial charge in [-0.2, -0.15) is 0 Å². The van der Waals surface area contributed by atoms with Crippen LogP contribution in [0.25, 0.3) is 0 Å². The number of carbonyl (C=O) groups excluding carboxylic acids is 2. The first kappa shape index (κ1) is 28.9. The molecule has 0 bridgehead atoms. The molecule has 1 amide bonds. The molecule has 1 heterocycles. The molecule has 2 rings (SSSR count). The molecule has 0 unspecified atom stereocenters. The Morgan fingerprint density at radius 2 is 1.97 bits per heavy atom. The van der Waals surface area contributed by atoms with Gasteiger partial charge >= 0.3 is 0 Å². The first-order chi connectivity index (χ1) is 16.4. The number of halogens is 2. The molecule has 9 nitrogen and oxygen atoms in total. The largest absolute Gasteiger partial charge is 0.473 e. The van der Waals surface area contributed by atoms with Crippen molar-refractivity contribution in [3.63, 3.8) is 0 Å². The summed E-state index contributed by atoms with van der Waals surface area (Å²) in [5, 5.41) is 12.9. The molecule has 0 radical (unpaired) electrons. The number of benzene rings is 1. The third-order valence-electron chi connectivity index (χ3n) is 4.46. The smallest absolute Gasteiger partial charge is 0.271 e. The van der Waals surface area contributed by atoms with Crippen molar-refractivity contribution in [3.05, 3.63) is 69.9 Å². The van der Waals surface area contributed by atoms with Crippen molar-refractivity contribution in [1.29, 1.82) is 0 Å². The highest BCUT2D eigenvalue weighted by Gasteiger charge is 2.25. The van der Waals surface area contributed by atoms with E-state index in [2.05, 4.69) is 22.0 Å². The highest BCUT2D eigenvalue weighted by molar-refractivity contribution is 6.30. The molecule has 1 aromatic heterocycles. The van der Waals surface area contributed by atoms with Crippen molar-refractivity contribution < 1.29 is 19.4 Å². The monoisotopic (exact) mass is 509 g/mol. The number of rotatable bonds is 12. The molecule has 0 fully saturated rings. The van der Waals surface area contributed by atoms with Gasteiger partial charge in [-0.3, -0.25) is 9.78 Å². The zero-order chi connectivity index (χ0) is 25.5. The minimum absolute atomic E-state index is 0.0141. The molecule has 0 atom stereocenters. The standard InChI is InChI=1S/C22H27Cl2N5O3.CH2O/c1-25-21(28(3)10-5-11-30)20(22(31)26-2)29(14-18-9-8-17(24)13-27-18)15-32-19-7-4-6-16(23)12-19;1-2/h4,6-9,12-13,30H,1,5,10-11,14-15H2,2-3H3,(H,26,31);1H2/b21-20+;. The quantitative estimate of drug-likeness (QED) is 0.257. The summed E-state index contributed by atoms with van der Waals surface area (Å²) in [5.41, 5.74) is 0.925. The van der Waals surface area contributed by atoms with Gasteiger partial charge in [0.2, 0.25) is 0 Å². The maximum atomic E-state index is 12.9. The Bertz CT molecular complexity index is 957. The van der Waals surface area contributed by atoms with E-state index in [1.54, 1.807) is 53.2 Å². The van der Waals surface area contributed by atoms with Crippen molar-refractivity contribution in [2.24, 2.45) is 4.99 Å². The van der Waals surface area contributed by atoms with E-state index in [-0.39, 0.29) is 31.5 Å². The number of carbonyl (C=O) groups is 2. The van der Waals surface area contributed by atoms with Crippen LogP contribution in [0.1, 0.15) is 12.1 Å². The predicted octanol–water partition coefficient (Wildman–Crippen LogP) is 2.97. The highest BCUT2D eigenvalue weighted by Crippen LogP contribution is 2.22. The number of amides is 1. The predicted molar refractivity (Wildman–Crippen MR) is 134 cm³/mol. The summed E-state index contributed by atoms with van der Waals surface area (Å²) >= 11 is 12.0. The van der Waals surface area contributed by atoms with E-state index in [1.165, 1.54) is 13.2 Å². The third-order valence-corrected chi connectivity index (χ3v) is 4.92. The second-order valence-corrected chi connectivity index (χ2v) is 7.68. The van der Waals surface area contributed by atoms with Crippen LogP contribution < -0.4 is 10.1 Å². The van der Waals surface area contributed by atoms with Crippen LogP contribution in [-0.2, 0) is 16.1 Å². The minimum atomic E-state index is -0.369. The fraction of sp³-hybridized carbons (Fsp3) is 0.304. The molecule has 0 aliphatic carbocycles. The summed E-state index contributed by atoms with van der Waals surface area (Å²) in [6, 6.07) is 10.5. The summed E-state index contributed by atoms with van der Waals surface area (Å²) < 4.78 is 5.93. The zero-order valence-corrected chi connectivity index (χ0v) is 20.7. The molecular weight excluding hydrogens is 481 g/mol. The molecule has 0 aliphatic heterocycles. The van der Waals surface area contributed by atoms with E-state index in [0.717, 1.165) is 0 Å². The number of aliphatic hydroxyl groups is 1. The Labute approximate surface area is 209 Å². The average molecular weight is 510 g/mol. The molecule has 0 spiro atoms. The lowest BCUT2D eigenvalue weighted by Gasteiger charge is -2.30. The van der Waals surface area contributed by atoms with Gasteiger partial charge in [0.05, 0.1) is 17.3 Å². The Morgan fingerprint density at radius 3 is 2.53 bits per heavy atom. The summed E-state index contributed by atoms with van der Waals surface area (Å²) in [6.07, 6.45) is 2.05. The lowest BCUT2D eigenvalue weighted by atomic mass is 10.2. The van der Waals surface area contributed by atoms with Crippen LogP contribution >= 0.6 is 23.2 Å². The van der Waals surface area contributed by atoms with Crippen molar-refractivity contribution in [2.75, 3.05) is 34.0 Å². The van der Waals surface area contributed by atoms with Crippen LogP contribution in [0.2, 0.25) is 10.0 Å². The Kier molecular flexibility index (Phi) is 13.3. The Hall–Kier alpha value is -3.14. The lowest BCUT2D eigenvalue weighted by molar-refractivity contribution is -0.119. The highest BCUT2D eigenvalue weighted by atomic mass is 35.5. The van der Waals surface area contributed by atoms with Gasteiger partial charge in [-0.25, -0.2) is 4.99 Å². The van der Waals surface area contributed by atoms with Gasteiger partial charge in [0.1, 0.15) is 18.2 Å².